The number of halogens is 3. The van der Waals surface area contributed by atoms with Gasteiger partial charge in [-0.25, -0.2) is 4.98 Å². The van der Waals surface area contributed by atoms with E-state index in [2.05, 4.69) is 4.98 Å². The highest BCUT2D eigenvalue weighted by Gasteiger charge is 2.32. The average Bonchev–Trinajstić information content (AvgIpc) is 2.70. The second kappa shape index (κ2) is 3.76. The molecule has 0 radical (unpaired) electrons. The summed E-state index contributed by atoms with van der Waals surface area (Å²) in [5.74, 6) is 0.946. The largest absolute Gasteiger partial charge is 0.491 e. The van der Waals surface area contributed by atoms with Gasteiger partial charge in [0.15, 0.2) is 0 Å². The minimum absolute atomic E-state index is 0.382. The fourth-order valence-electron chi connectivity index (χ4n) is 1.99. The van der Waals surface area contributed by atoms with E-state index in [1.807, 2.05) is 0 Å². The summed E-state index contributed by atoms with van der Waals surface area (Å²) >= 11 is 0. The Morgan fingerprint density at radius 1 is 1.28 bits per heavy atom. The maximum Gasteiger partial charge on any atom is 0.416 e. The molecule has 3 rings (SSSR count). The van der Waals surface area contributed by atoms with Crippen LogP contribution < -0.4 is 4.74 Å². The number of benzene rings is 1. The number of ether oxygens (including phenoxy) is 1. The Bertz CT molecular complexity index is 589. The first kappa shape index (κ1) is 11.1. The molecule has 1 aromatic heterocycles. The van der Waals surface area contributed by atoms with Crippen LogP contribution in [-0.4, -0.2) is 16.2 Å². The van der Waals surface area contributed by atoms with Crippen molar-refractivity contribution in [1.82, 2.24) is 9.55 Å². The van der Waals surface area contributed by atoms with Crippen molar-refractivity contribution >= 4 is 0 Å². The zero-order valence-electron chi connectivity index (χ0n) is 9.24. The molecule has 0 fully saturated rings. The van der Waals surface area contributed by atoms with Crippen LogP contribution in [-0.2, 0) is 12.7 Å². The first-order valence-electron chi connectivity index (χ1n) is 5.41. The van der Waals surface area contributed by atoms with Crippen LogP contribution in [0.25, 0.3) is 11.4 Å². The minimum Gasteiger partial charge on any atom is -0.491 e. The number of hydrogen-bond acceptors (Lipinski definition) is 2. The zero-order chi connectivity index (χ0) is 12.8. The molecule has 0 bridgehead atoms. The first-order chi connectivity index (χ1) is 8.55. The van der Waals surface area contributed by atoms with Crippen molar-refractivity contribution in [2.75, 3.05) is 6.61 Å². The molecule has 1 aliphatic rings. The molecule has 0 N–H and O–H groups in total. The lowest BCUT2D eigenvalue weighted by atomic mass is 10.1. The number of rotatable bonds is 0. The van der Waals surface area contributed by atoms with E-state index in [0.29, 0.717) is 30.3 Å². The second-order valence-electron chi connectivity index (χ2n) is 4.00. The van der Waals surface area contributed by atoms with E-state index in [1.54, 1.807) is 17.0 Å². The molecule has 94 valence electrons. The third-order valence-electron chi connectivity index (χ3n) is 2.85. The molecule has 1 aliphatic heterocycles. The molecule has 0 spiro atoms. The third-order valence-corrected chi connectivity index (χ3v) is 2.85. The van der Waals surface area contributed by atoms with Gasteiger partial charge in [0.05, 0.1) is 17.7 Å². The van der Waals surface area contributed by atoms with Crippen LogP contribution in [0.5, 0.6) is 5.75 Å². The molecule has 3 nitrogen and oxygen atoms in total. The number of imidazole rings is 1. The van der Waals surface area contributed by atoms with Gasteiger partial charge in [-0.15, -0.1) is 0 Å². The van der Waals surface area contributed by atoms with Crippen LogP contribution in [0, 0.1) is 0 Å². The van der Waals surface area contributed by atoms with Gasteiger partial charge in [-0.2, -0.15) is 13.2 Å². The monoisotopic (exact) mass is 254 g/mol. The molecule has 2 heterocycles. The van der Waals surface area contributed by atoms with Gasteiger partial charge >= 0.3 is 6.18 Å². The Hall–Kier alpha value is -1.98. The molecular formula is C12H9F3N2O. The van der Waals surface area contributed by atoms with Crippen LogP contribution in [0.2, 0.25) is 0 Å². The van der Waals surface area contributed by atoms with Crippen molar-refractivity contribution in [1.29, 1.82) is 0 Å². The molecule has 0 amide bonds. The van der Waals surface area contributed by atoms with Gasteiger partial charge in [0, 0.05) is 12.4 Å². The Labute approximate surface area is 101 Å². The normalized spacial score (nSPS) is 14.4. The Morgan fingerprint density at radius 2 is 2.11 bits per heavy atom. The fourth-order valence-corrected chi connectivity index (χ4v) is 1.99. The number of alkyl halides is 3. The van der Waals surface area contributed by atoms with Gasteiger partial charge in [-0.1, -0.05) is 0 Å². The number of aromatic nitrogens is 2. The van der Waals surface area contributed by atoms with Crippen LogP contribution in [0.1, 0.15) is 5.56 Å². The van der Waals surface area contributed by atoms with Crippen LogP contribution >= 0.6 is 0 Å². The molecule has 6 heteroatoms. The highest BCUT2D eigenvalue weighted by atomic mass is 19.4. The lowest BCUT2D eigenvalue weighted by Crippen LogP contribution is -2.05. The minimum atomic E-state index is -4.36. The summed E-state index contributed by atoms with van der Waals surface area (Å²) in [5.41, 5.74) is -0.311. The highest BCUT2D eigenvalue weighted by Crippen LogP contribution is 2.37. The Morgan fingerprint density at radius 3 is 2.89 bits per heavy atom. The van der Waals surface area contributed by atoms with E-state index in [-0.39, 0.29) is 0 Å². The predicted octanol–water partition coefficient (Wildman–Crippen LogP) is 2.96. The summed E-state index contributed by atoms with van der Waals surface area (Å²) in [6.45, 7) is 0.993. The van der Waals surface area contributed by atoms with Crippen LogP contribution in [0.15, 0.2) is 30.6 Å². The van der Waals surface area contributed by atoms with Gasteiger partial charge in [-0.3, -0.25) is 0 Å². The Balaban J connectivity index is 2.19. The van der Waals surface area contributed by atoms with Crippen molar-refractivity contribution < 1.29 is 17.9 Å². The molecule has 0 saturated carbocycles. The topological polar surface area (TPSA) is 27.1 Å². The number of fused-ring (bicyclic) bond motifs is 3. The fraction of sp³-hybridized carbons (Fsp3) is 0.250. The van der Waals surface area contributed by atoms with Crippen molar-refractivity contribution in [2.45, 2.75) is 12.7 Å². The summed E-state index contributed by atoms with van der Waals surface area (Å²) < 4.78 is 45.3. The smallest absolute Gasteiger partial charge is 0.416 e. The summed E-state index contributed by atoms with van der Waals surface area (Å²) in [5, 5.41) is 0. The van der Waals surface area contributed by atoms with Gasteiger partial charge in [0.2, 0.25) is 0 Å². The average molecular weight is 254 g/mol. The van der Waals surface area contributed by atoms with E-state index in [4.69, 9.17) is 4.74 Å². The molecule has 2 aromatic rings. The highest BCUT2D eigenvalue weighted by molar-refractivity contribution is 5.66. The quantitative estimate of drug-likeness (QED) is 0.722. The summed E-state index contributed by atoms with van der Waals surface area (Å²) in [6.07, 6.45) is -1.06. The van der Waals surface area contributed by atoms with Gasteiger partial charge in [0.25, 0.3) is 0 Å². The number of nitrogens with zero attached hydrogens (tertiary/aromatic N) is 2. The van der Waals surface area contributed by atoms with E-state index in [0.717, 1.165) is 12.1 Å². The predicted molar refractivity (Wildman–Crippen MR) is 58.2 cm³/mol. The lowest BCUT2D eigenvalue weighted by molar-refractivity contribution is -0.137. The van der Waals surface area contributed by atoms with E-state index in [9.17, 15) is 13.2 Å². The summed E-state index contributed by atoms with van der Waals surface area (Å²) in [4.78, 5) is 4.10. The molecule has 0 saturated heterocycles. The van der Waals surface area contributed by atoms with Crippen LogP contribution in [0.4, 0.5) is 13.2 Å². The molecule has 1 aromatic carbocycles. The zero-order valence-corrected chi connectivity index (χ0v) is 9.24. The van der Waals surface area contributed by atoms with E-state index < -0.39 is 11.7 Å². The first-order valence-corrected chi connectivity index (χ1v) is 5.41. The molecular weight excluding hydrogens is 245 g/mol. The molecule has 0 unspecified atom stereocenters. The standard InChI is InChI=1S/C12H9F3N2O/c13-12(14,15)8-1-2-10-9(7-8)11-16-3-4-17(11)5-6-18-10/h1-4,7H,5-6H2. The molecule has 18 heavy (non-hydrogen) atoms. The SMILES string of the molecule is FC(F)(F)c1ccc2c(c1)-c1nccn1CCO2. The lowest BCUT2D eigenvalue weighted by Gasteiger charge is -2.11. The van der Waals surface area contributed by atoms with Crippen molar-refractivity contribution in [3.8, 4) is 17.1 Å². The summed E-state index contributed by atoms with van der Waals surface area (Å²) in [6, 6.07) is 3.46. The Kier molecular flexibility index (Phi) is 2.33. The maximum atomic E-state index is 12.7. The molecule has 0 atom stereocenters. The van der Waals surface area contributed by atoms with Crippen molar-refractivity contribution in [3.63, 3.8) is 0 Å². The van der Waals surface area contributed by atoms with Crippen LogP contribution in [0.3, 0.4) is 0 Å². The van der Waals surface area contributed by atoms with Crippen molar-refractivity contribution in [2.24, 2.45) is 0 Å². The second-order valence-corrected chi connectivity index (χ2v) is 4.00. The van der Waals surface area contributed by atoms with Gasteiger partial charge in [-0.05, 0) is 18.2 Å². The van der Waals surface area contributed by atoms with Crippen molar-refractivity contribution in [3.05, 3.63) is 36.2 Å². The van der Waals surface area contributed by atoms with Gasteiger partial charge < -0.3 is 9.30 Å². The maximum absolute atomic E-state index is 12.7. The molecule has 0 aliphatic carbocycles. The third kappa shape index (κ3) is 1.73. The number of hydrogen-bond donors (Lipinski definition) is 0. The summed E-state index contributed by atoms with van der Waals surface area (Å²) in [7, 11) is 0. The van der Waals surface area contributed by atoms with E-state index >= 15 is 0 Å². The van der Waals surface area contributed by atoms with Gasteiger partial charge in [0.1, 0.15) is 18.2 Å². The van der Waals surface area contributed by atoms with E-state index in [1.165, 1.54) is 6.07 Å².